The molecule has 4 rings (SSSR count). The molecule has 0 heterocycles. The maximum absolute atomic E-state index is 12.5. The van der Waals surface area contributed by atoms with Gasteiger partial charge in [0, 0.05) is 5.56 Å². The van der Waals surface area contributed by atoms with E-state index in [1.807, 2.05) is 42.5 Å². The standard InChI is InChI=1S/C20H18N2O4/c23-18(15-7-3-5-11-4-1-2-6-14(11)15)21-22-19(24)16-12-8-9-13(10-12)17(16)20(25)26/h1-9,12-13,16-17H,10H2,(H,21,23)(H,22,24)(H,25,26)/t12-,13-,16+,17+/m0/s1. The first-order valence-electron chi connectivity index (χ1n) is 8.55. The van der Waals surface area contributed by atoms with E-state index in [0.29, 0.717) is 12.0 Å². The fourth-order valence-electron chi connectivity index (χ4n) is 4.21. The molecule has 132 valence electrons. The van der Waals surface area contributed by atoms with E-state index in [0.717, 1.165) is 10.8 Å². The summed E-state index contributed by atoms with van der Waals surface area (Å²) in [4.78, 5) is 36.5. The van der Waals surface area contributed by atoms with Crippen molar-refractivity contribution in [1.82, 2.24) is 10.9 Å². The van der Waals surface area contributed by atoms with Crippen molar-refractivity contribution in [2.24, 2.45) is 23.7 Å². The van der Waals surface area contributed by atoms with Crippen LogP contribution in [0.25, 0.3) is 10.8 Å². The van der Waals surface area contributed by atoms with E-state index in [2.05, 4.69) is 10.9 Å². The lowest BCUT2D eigenvalue weighted by atomic mass is 9.82. The van der Waals surface area contributed by atoms with E-state index in [4.69, 9.17) is 0 Å². The van der Waals surface area contributed by atoms with E-state index in [1.165, 1.54) is 0 Å². The molecule has 0 unspecified atom stereocenters. The van der Waals surface area contributed by atoms with Crippen molar-refractivity contribution in [1.29, 1.82) is 0 Å². The van der Waals surface area contributed by atoms with Gasteiger partial charge in [-0.3, -0.25) is 25.2 Å². The first kappa shape index (κ1) is 16.3. The van der Waals surface area contributed by atoms with Gasteiger partial charge in [-0.15, -0.1) is 0 Å². The minimum absolute atomic E-state index is 0.0874. The third kappa shape index (κ3) is 2.63. The largest absolute Gasteiger partial charge is 0.481 e. The summed E-state index contributed by atoms with van der Waals surface area (Å²) in [7, 11) is 0. The lowest BCUT2D eigenvalue weighted by Gasteiger charge is -2.23. The molecule has 2 aromatic carbocycles. The minimum atomic E-state index is -0.970. The number of carboxylic acids is 1. The average molecular weight is 350 g/mol. The third-order valence-electron chi connectivity index (χ3n) is 5.38. The van der Waals surface area contributed by atoms with Crippen molar-refractivity contribution in [3.8, 4) is 0 Å². The van der Waals surface area contributed by atoms with Crippen LogP contribution in [0.3, 0.4) is 0 Å². The van der Waals surface area contributed by atoms with Crippen molar-refractivity contribution in [3.05, 3.63) is 60.2 Å². The molecule has 0 radical (unpaired) electrons. The number of benzene rings is 2. The summed E-state index contributed by atoms with van der Waals surface area (Å²) in [5, 5.41) is 11.1. The zero-order chi connectivity index (χ0) is 18.3. The fourth-order valence-corrected chi connectivity index (χ4v) is 4.21. The second-order valence-electron chi connectivity index (χ2n) is 6.81. The Morgan fingerprint density at radius 3 is 2.35 bits per heavy atom. The molecule has 2 aliphatic rings. The first-order chi connectivity index (χ1) is 12.6. The maximum atomic E-state index is 12.5. The smallest absolute Gasteiger partial charge is 0.307 e. The number of carbonyl (C=O) groups excluding carboxylic acids is 2. The zero-order valence-electron chi connectivity index (χ0n) is 13.9. The summed E-state index contributed by atoms with van der Waals surface area (Å²) in [6.45, 7) is 0. The summed E-state index contributed by atoms with van der Waals surface area (Å²) in [6, 6.07) is 12.8. The summed E-state index contributed by atoms with van der Waals surface area (Å²) in [5.41, 5.74) is 5.30. The van der Waals surface area contributed by atoms with Gasteiger partial charge >= 0.3 is 5.97 Å². The Kier molecular flexibility index (Phi) is 3.95. The molecule has 4 atom stereocenters. The van der Waals surface area contributed by atoms with Gasteiger partial charge in [-0.1, -0.05) is 48.6 Å². The number of fused-ring (bicyclic) bond motifs is 3. The quantitative estimate of drug-likeness (QED) is 0.584. The lowest BCUT2D eigenvalue weighted by molar-refractivity contribution is -0.148. The number of hydrogen-bond acceptors (Lipinski definition) is 3. The zero-order valence-corrected chi connectivity index (χ0v) is 13.9. The Labute approximate surface area is 149 Å². The molecule has 1 saturated carbocycles. The number of hydrazine groups is 1. The molecule has 0 spiro atoms. The van der Waals surface area contributed by atoms with E-state index in [9.17, 15) is 19.5 Å². The van der Waals surface area contributed by atoms with Gasteiger partial charge < -0.3 is 5.11 Å². The van der Waals surface area contributed by atoms with E-state index < -0.39 is 29.6 Å². The Morgan fingerprint density at radius 2 is 1.58 bits per heavy atom. The SMILES string of the molecule is O=C(NNC(=O)[C@H]1[C@H](C(=O)O)[C@H]2C=C[C@H]1C2)c1cccc2ccccc12. The molecule has 6 nitrogen and oxygen atoms in total. The van der Waals surface area contributed by atoms with Crippen LogP contribution in [0.1, 0.15) is 16.8 Å². The Hall–Kier alpha value is -3.15. The number of aliphatic carboxylic acids is 1. The molecule has 0 saturated heterocycles. The predicted octanol–water partition coefficient (Wildman–Crippen LogP) is 2.12. The van der Waals surface area contributed by atoms with Crippen molar-refractivity contribution < 1.29 is 19.5 Å². The fraction of sp³-hybridized carbons (Fsp3) is 0.250. The predicted molar refractivity (Wildman–Crippen MR) is 94.9 cm³/mol. The van der Waals surface area contributed by atoms with Gasteiger partial charge in [-0.2, -0.15) is 0 Å². The molecule has 2 amide bonds. The minimum Gasteiger partial charge on any atom is -0.481 e. The van der Waals surface area contributed by atoms with E-state index in [1.54, 1.807) is 12.1 Å². The summed E-state index contributed by atoms with van der Waals surface area (Å²) in [6.07, 6.45) is 4.45. The summed E-state index contributed by atoms with van der Waals surface area (Å²) < 4.78 is 0. The highest BCUT2D eigenvalue weighted by Gasteiger charge is 2.51. The molecular formula is C20H18N2O4. The first-order valence-corrected chi connectivity index (χ1v) is 8.55. The van der Waals surface area contributed by atoms with Crippen LogP contribution in [0.15, 0.2) is 54.6 Å². The third-order valence-corrected chi connectivity index (χ3v) is 5.38. The molecule has 2 aliphatic carbocycles. The highest BCUT2D eigenvalue weighted by molar-refractivity contribution is 6.07. The molecule has 6 heteroatoms. The summed E-state index contributed by atoms with van der Waals surface area (Å²) >= 11 is 0. The second-order valence-corrected chi connectivity index (χ2v) is 6.81. The normalized spacial score (nSPS) is 26.0. The topological polar surface area (TPSA) is 95.5 Å². The molecule has 2 bridgehead atoms. The van der Waals surface area contributed by atoms with Gasteiger partial charge in [0.05, 0.1) is 11.8 Å². The number of amides is 2. The van der Waals surface area contributed by atoms with Crippen LogP contribution in [0.5, 0.6) is 0 Å². The molecule has 3 N–H and O–H groups in total. The monoisotopic (exact) mass is 350 g/mol. The number of allylic oxidation sites excluding steroid dienone is 2. The van der Waals surface area contributed by atoms with Crippen molar-refractivity contribution in [3.63, 3.8) is 0 Å². The number of hydrogen-bond donors (Lipinski definition) is 3. The Morgan fingerprint density at radius 1 is 0.885 bits per heavy atom. The van der Waals surface area contributed by atoms with Gasteiger partial charge in [0.25, 0.3) is 5.91 Å². The van der Waals surface area contributed by atoms with Crippen LogP contribution in [0, 0.1) is 23.7 Å². The highest BCUT2D eigenvalue weighted by atomic mass is 16.4. The van der Waals surface area contributed by atoms with Crippen LogP contribution >= 0.6 is 0 Å². The second kappa shape index (κ2) is 6.29. The molecule has 0 aliphatic heterocycles. The van der Waals surface area contributed by atoms with Gasteiger partial charge in [-0.05, 0) is 35.1 Å². The van der Waals surface area contributed by atoms with Crippen LogP contribution in [0.2, 0.25) is 0 Å². The average Bonchev–Trinajstić information content (AvgIpc) is 3.26. The molecule has 26 heavy (non-hydrogen) atoms. The number of nitrogens with one attached hydrogen (secondary N) is 2. The van der Waals surface area contributed by atoms with Crippen molar-refractivity contribution in [2.75, 3.05) is 0 Å². The number of rotatable bonds is 3. The van der Waals surface area contributed by atoms with Crippen LogP contribution < -0.4 is 10.9 Å². The van der Waals surface area contributed by atoms with E-state index >= 15 is 0 Å². The van der Waals surface area contributed by atoms with Gasteiger partial charge in [0.15, 0.2) is 0 Å². The Balaban J connectivity index is 1.48. The van der Waals surface area contributed by atoms with E-state index in [-0.39, 0.29) is 11.8 Å². The summed E-state index contributed by atoms with van der Waals surface area (Å²) in [5.74, 6) is -3.45. The van der Waals surface area contributed by atoms with Crippen LogP contribution in [-0.2, 0) is 9.59 Å². The van der Waals surface area contributed by atoms with Gasteiger partial charge in [0.2, 0.25) is 5.91 Å². The van der Waals surface area contributed by atoms with Crippen molar-refractivity contribution in [2.45, 2.75) is 6.42 Å². The van der Waals surface area contributed by atoms with Crippen molar-refractivity contribution >= 4 is 28.6 Å². The lowest BCUT2D eigenvalue weighted by Crippen LogP contribution is -2.48. The molecule has 2 aromatic rings. The number of carboxylic acid groups (broad SMARTS) is 1. The Bertz CT molecular complexity index is 931. The van der Waals surface area contributed by atoms with Crippen LogP contribution in [0.4, 0.5) is 0 Å². The van der Waals surface area contributed by atoms with Gasteiger partial charge in [-0.25, -0.2) is 0 Å². The molecule has 0 aromatic heterocycles. The molecular weight excluding hydrogens is 332 g/mol. The maximum Gasteiger partial charge on any atom is 0.307 e. The van der Waals surface area contributed by atoms with Crippen LogP contribution in [-0.4, -0.2) is 22.9 Å². The molecule has 1 fully saturated rings. The highest BCUT2D eigenvalue weighted by Crippen LogP contribution is 2.48. The number of carbonyl (C=O) groups is 3. The van der Waals surface area contributed by atoms with Gasteiger partial charge in [0.1, 0.15) is 0 Å².